The van der Waals surface area contributed by atoms with Crippen LogP contribution in [0.15, 0.2) is 28.2 Å². The molecule has 5 rings (SSSR count). The lowest BCUT2D eigenvalue weighted by atomic mass is 9.98. The van der Waals surface area contributed by atoms with Gasteiger partial charge in [0, 0.05) is 23.1 Å². The highest BCUT2D eigenvalue weighted by molar-refractivity contribution is 7.11. The molecule has 3 heterocycles. The van der Waals surface area contributed by atoms with Gasteiger partial charge >= 0.3 is 6.09 Å². The monoisotopic (exact) mass is 464 g/mol. The van der Waals surface area contributed by atoms with E-state index in [1.165, 1.54) is 15.9 Å². The molecule has 0 saturated heterocycles. The largest absolute Gasteiger partial charge is 0.443 e. The average molecular weight is 465 g/mol. The van der Waals surface area contributed by atoms with E-state index < -0.39 is 11.7 Å². The molecule has 9 heteroatoms. The van der Waals surface area contributed by atoms with Gasteiger partial charge < -0.3 is 9.26 Å². The number of fused-ring (bicyclic) bond motifs is 1. The second-order valence-electron chi connectivity index (χ2n) is 9.32. The molecular weight excluding hydrogens is 440 g/mol. The SMILES string of the molecule is Cc1noc(C)c1-c1cc(C(=O)c2nccs2)c2nc(C3CC3)n(C(=O)OC(C)(C)C)c2c1. The number of benzene rings is 1. The van der Waals surface area contributed by atoms with E-state index in [1.54, 1.807) is 17.6 Å². The maximum Gasteiger partial charge on any atom is 0.420 e. The molecule has 0 spiro atoms. The number of ether oxygens (including phenoxy) is 1. The molecule has 0 atom stereocenters. The second-order valence-corrected chi connectivity index (χ2v) is 10.2. The van der Waals surface area contributed by atoms with Crippen LogP contribution in [-0.4, -0.2) is 37.2 Å². The van der Waals surface area contributed by atoms with Gasteiger partial charge in [0.05, 0.1) is 16.8 Å². The predicted molar refractivity (Wildman–Crippen MR) is 124 cm³/mol. The van der Waals surface area contributed by atoms with Crippen LogP contribution in [0.25, 0.3) is 22.2 Å². The van der Waals surface area contributed by atoms with E-state index >= 15 is 0 Å². The summed E-state index contributed by atoms with van der Waals surface area (Å²) in [5.74, 6) is 1.18. The molecule has 1 aliphatic carbocycles. The van der Waals surface area contributed by atoms with Crippen molar-refractivity contribution in [2.45, 2.75) is 59.0 Å². The summed E-state index contributed by atoms with van der Waals surface area (Å²) < 4.78 is 12.6. The lowest BCUT2D eigenvalue weighted by molar-refractivity contribution is 0.0538. The van der Waals surface area contributed by atoms with Gasteiger partial charge in [0.1, 0.15) is 22.7 Å². The second kappa shape index (κ2) is 7.62. The molecule has 1 saturated carbocycles. The molecule has 8 nitrogen and oxygen atoms in total. The molecule has 1 aliphatic rings. The van der Waals surface area contributed by atoms with Gasteiger partial charge in [-0.1, -0.05) is 5.16 Å². The van der Waals surface area contributed by atoms with Gasteiger partial charge in [-0.25, -0.2) is 19.3 Å². The highest BCUT2D eigenvalue weighted by Crippen LogP contribution is 2.42. The summed E-state index contributed by atoms with van der Waals surface area (Å²) in [5, 5.41) is 6.19. The quantitative estimate of drug-likeness (QED) is 0.359. The first-order chi connectivity index (χ1) is 15.6. The summed E-state index contributed by atoms with van der Waals surface area (Å²) in [6, 6.07) is 3.66. The third-order valence-corrected chi connectivity index (χ3v) is 6.27. The number of hydrogen-bond donors (Lipinski definition) is 0. The Balaban J connectivity index is 1.81. The number of carbonyl (C=O) groups is 2. The summed E-state index contributed by atoms with van der Waals surface area (Å²) in [6.07, 6.45) is 2.98. The average Bonchev–Trinajstić information content (AvgIpc) is 3.15. The molecule has 0 aliphatic heterocycles. The Bertz CT molecular complexity index is 1370. The van der Waals surface area contributed by atoms with Crippen LogP contribution >= 0.6 is 11.3 Å². The van der Waals surface area contributed by atoms with Crippen LogP contribution in [0.2, 0.25) is 0 Å². The van der Waals surface area contributed by atoms with Crippen molar-refractivity contribution in [3.05, 3.63) is 51.6 Å². The van der Waals surface area contributed by atoms with Crippen molar-refractivity contribution >= 4 is 34.2 Å². The van der Waals surface area contributed by atoms with Gasteiger partial charge in [-0.3, -0.25) is 4.79 Å². The third kappa shape index (κ3) is 3.86. The standard InChI is InChI=1S/C24H24N4O4S/c1-12-18(13(2)32-27-12)15-10-16(20(29)22-25-8-9-33-22)19-17(11-15)28(21(26-19)14-6-7-14)23(30)31-24(3,4)5/h8-11,14H,6-7H2,1-5H3. The summed E-state index contributed by atoms with van der Waals surface area (Å²) in [5.41, 5.74) is 2.93. The topological polar surface area (TPSA) is 100 Å². The third-order valence-electron chi connectivity index (χ3n) is 5.50. The maximum absolute atomic E-state index is 13.5. The Labute approximate surface area is 194 Å². The Hall–Kier alpha value is -3.33. The Morgan fingerprint density at radius 1 is 1.21 bits per heavy atom. The summed E-state index contributed by atoms with van der Waals surface area (Å²) in [6.45, 7) is 9.15. The number of hydrogen-bond acceptors (Lipinski definition) is 8. The Morgan fingerprint density at radius 3 is 2.55 bits per heavy atom. The summed E-state index contributed by atoms with van der Waals surface area (Å²) >= 11 is 1.27. The normalized spacial score (nSPS) is 14.1. The molecule has 33 heavy (non-hydrogen) atoms. The van der Waals surface area contributed by atoms with E-state index in [0.717, 1.165) is 24.0 Å². The van der Waals surface area contributed by atoms with Gasteiger partial charge in [-0.2, -0.15) is 0 Å². The number of nitrogens with zero attached hydrogens (tertiary/aromatic N) is 4. The van der Waals surface area contributed by atoms with Crippen LogP contribution in [0.1, 0.15) is 72.2 Å². The van der Waals surface area contributed by atoms with E-state index in [1.807, 2.05) is 40.7 Å². The van der Waals surface area contributed by atoms with Crippen LogP contribution < -0.4 is 0 Å². The fourth-order valence-electron chi connectivity index (χ4n) is 3.97. The van der Waals surface area contributed by atoms with Crippen LogP contribution in [0, 0.1) is 13.8 Å². The van der Waals surface area contributed by atoms with Gasteiger partial charge in [0.2, 0.25) is 5.78 Å². The van der Waals surface area contributed by atoms with Crippen molar-refractivity contribution in [2.75, 3.05) is 0 Å². The first kappa shape index (κ1) is 21.5. The number of ketones is 1. The first-order valence-electron chi connectivity index (χ1n) is 10.8. The van der Waals surface area contributed by atoms with E-state index in [-0.39, 0.29) is 11.7 Å². The van der Waals surface area contributed by atoms with Crippen molar-refractivity contribution in [3.8, 4) is 11.1 Å². The zero-order valence-corrected chi connectivity index (χ0v) is 19.9. The molecule has 0 bridgehead atoms. The molecule has 0 unspecified atom stereocenters. The molecule has 1 fully saturated rings. The number of aryl methyl sites for hydroxylation is 2. The van der Waals surface area contributed by atoms with E-state index in [9.17, 15) is 9.59 Å². The lowest BCUT2D eigenvalue weighted by Gasteiger charge is -2.20. The molecule has 1 aromatic carbocycles. The summed E-state index contributed by atoms with van der Waals surface area (Å²) in [4.78, 5) is 35.8. The van der Waals surface area contributed by atoms with Crippen LogP contribution in [0.5, 0.6) is 0 Å². The number of aromatic nitrogens is 4. The van der Waals surface area contributed by atoms with Crippen molar-refractivity contribution < 1.29 is 18.8 Å². The molecule has 0 N–H and O–H groups in total. The highest BCUT2D eigenvalue weighted by atomic mass is 32.1. The van der Waals surface area contributed by atoms with Gasteiger partial charge in [-0.15, -0.1) is 11.3 Å². The number of carbonyl (C=O) groups excluding carboxylic acids is 2. The van der Waals surface area contributed by atoms with Crippen LogP contribution in [0.4, 0.5) is 4.79 Å². The number of thiazole rings is 1. The Morgan fingerprint density at radius 2 is 1.97 bits per heavy atom. The fourth-order valence-corrected chi connectivity index (χ4v) is 4.56. The van der Waals surface area contributed by atoms with Gasteiger partial charge in [0.25, 0.3) is 0 Å². The molecule has 170 valence electrons. The van der Waals surface area contributed by atoms with Crippen molar-refractivity contribution in [1.29, 1.82) is 0 Å². The minimum atomic E-state index is -0.673. The molecule has 0 radical (unpaired) electrons. The Kier molecular flexibility index (Phi) is 4.97. The zero-order valence-electron chi connectivity index (χ0n) is 19.1. The maximum atomic E-state index is 13.5. The van der Waals surface area contributed by atoms with Gasteiger partial charge in [-0.05, 0) is 65.2 Å². The molecule has 3 aromatic heterocycles. The minimum absolute atomic E-state index is 0.162. The van der Waals surface area contributed by atoms with Crippen LogP contribution in [-0.2, 0) is 4.74 Å². The number of imidazole rings is 1. The number of rotatable bonds is 4. The molecule has 0 amide bonds. The summed E-state index contributed by atoms with van der Waals surface area (Å²) in [7, 11) is 0. The zero-order chi connectivity index (χ0) is 23.5. The molecular formula is C24H24N4O4S. The fraction of sp³-hybridized carbons (Fsp3) is 0.375. The van der Waals surface area contributed by atoms with Crippen molar-refractivity contribution in [2.24, 2.45) is 0 Å². The van der Waals surface area contributed by atoms with E-state index in [0.29, 0.717) is 38.9 Å². The smallest absolute Gasteiger partial charge is 0.420 e. The van der Waals surface area contributed by atoms with E-state index in [4.69, 9.17) is 14.2 Å². The van der Waals surface area contributed by atoms with Crippen molar-refractivity contribution in [3.63, 3.8) is 0 Å². The van der Waals surface area contributed by atoms with E-state index in [2.05, 4.69) is 10.1 Å². The highest BCUT2D eigenvalue weighted by Gasteiger charge is 2.35. The van der Waals surface area contributed by atoms with Crippen LogP contribution in [0.3, 0.4) is 0 Å². The predicted octanol–water partition coefficient (Wildman–Crippen LogP) is 5.66. The lowest BCUT2D eigenvalue weighted by Crippen LogP contribution is -2.28. The van der Waals surface area contributed by atoms with Gasteiger partial charge in [0.15, 0.2) is 5.01 Å². The first-order valence-corrected chi connectivity index (χ1v) is 11.7. The minimum Gasteiger partial charge on any atom is -0.443 e. The molecule has 4 aromatic rings. The van der Waals surface area contributed by atoms with Crippen molar-refractivity contribution in [1.82, 2.24) is 19.7 Å².